The predicted octanol–water partition coefficient (Wildman–Crippen LogP) is 2.07. The van der Waals surface area contributed by atoms with E-state index in [9.17, 15) is 9.59 Å². The number of rotatable bonds is 3. The van der Waals surface area contributed by atoms with Crippen molar-refractivity contribution in [2.75, 3.05) is 0 Å². The van der Waals surface area contributed by atoms with Crippen molar-refractivity contribution in [3.05, 3.63) is 41.6 Å². The molecular weight excluding hydrogens is 278 g/mol. The number of primary amides is 1. The summed E-state index contributed by atoms with van der Waals surface area (Å²) >= 11 is 0. The number of para-hydroxylation sites is 1. The molecule has 3 rings (SSSR count). The molecule has 0 saturated heterocycles. The Morgan fingerprint density at radius 2 is 1.91 bits per heavy atom. The number of aryl methyl sites for hydroxylation is 1. The first-order valence-electron chi connectivity index (χ1n) is 7.51. The number of fused-ring (bicyclic) bond motifs is 1. The van der Waals surface area contributed by atoms with Crippen LogP contribution >= 0.6 is 0 Å². The summed E-state index contributed by atoms with van der Waals surface area (Å²) in [4.78, 5) is 28.9. The van der Waals surface area contributed by atoms with E-state index in [0.717, 1.165) is 23.9 Å². The predicted molar refractivity (Wildman–Crippen MR) is 84.3 cm³/mol. The van der Waals surface area contributed by atoms with Gasteiger partial charge in [0.1, 0.15) is 5.54 Å². The molecule has 2 amide bonds. The Labute approximate surface area is 128 Å². The highest BCUT2D eigenvalue weighted by Crippen LogP contribution is 2.30. The summed E-state index contributed by atoms with van der Waals surface area (Å²) in [5.41, 5.74) is 6.59. The highest BCUT2D eigenvalue weighted by atomic mass is 16.2. The number of nitrogens with zero attached hydrogens (tertiary/aromatic N) is 1. The highest BCUT2D eigenvalue weighted by Gasteiger charge is 2.41. The minimum atomic E-state index is -0.914. The van der Waals surface area contributed by atoms with Gasteiger partial charge in [-0.1, -0.05) is 31.0 Å². The standard InChI is InChI=1S/C17H19N3O2/c1-11-7-8-12-5-4-6-13(14(12)19-11)15(21)20-17(16(18)22)9-2-3-10-17/h4-8H,2-3,9-10H2,1H3,(H2,18,22)(H,20,21). The lowest BCUT2D eigenvalue weighted by Gasteiger charge is -2.26. The molecule has 114 valence electrons. The Balaban J connectivity index is 1.99. The molecule has 0 atom stereocenters. The van der Waals surface area contributed by atoms with E-state index in [1.54, 1.807) is 6.07 Å². The van der Waals surface area contributed by atoms with Crippen LogP contribution in [0.15, 0.2) is 30.3 Å². The maximum atomic E-state index is 12.7. The highest BCUT2D eigenvalue weighted by molar-refractivity contribution is 6.07. The summed E-state index contributed by atoms with van der Waals surface area (Å²) in [5.74, 6) is -0.743. The number of nitrogens with two attached hydrogens (primary N) is 1. The van der Waals surface area contributed by atoms with E-state index in [1.807, 2.05) is 31.2 Å². The van der Waals surface area contributed by atoms with E-state index in [4.69, 9.17) is 5.73 Å². The fourth-order valence-corrected chi connectivity index (χ4v) is 3.12. The van der Waals surface area contributed by atoms with Crippen LogP contribution in [0.1, 0.15) is 41.7 Å². The van der Waals surface area contributed by atoms with Crippen molar-refractivity contribution in [2.24, 2.45) is 5.73 Å². The Morgan fingerprint density at radius 3 is 2.59 bits per heavy atom. The maximum Gasteiger partial charge on any atom is 0.254 e. The second-order valence-electron chi connectivity index (χ2n) is 5.94. The van der Waals surface area contributed by atoms with Crippen LogP contribution < -0.4 is 11.1 Å². The van der Waals surface area contributed by atoms with E-state index in [-0.39, 0.29) is 5.91 Å². The Hall–Kier alpha value is -2.43. The van der Waals surface area contributed by atoms with Crippen molar-refractivity contribution < 1.29 is 9.59 Å². The molecule has 1 saturated carbocycles. The molecule has 5 heteroatoms. The molecule has 1 heterocycles. The fraction of sp³-hybridized carbons (Fsp3) is 0.353. The summed E-state index contributed by atoms with van der Waals surface area (Å²) in [5, 5.41) is 3.77. The van der Waals surface area contributed by atoms with Crippen molar-refractivity contribution in [3.63, 3.8) is 0 Å². The van der Waals surface area contributed by atoms with Crippen LogP contribution in [0.25, 0.3) is 10.9 Å². The third kappa shape index (κ3) is 2.43. The van der Waals surface area contributed by atoms with E-state index >= 15 is 0 Å². The molecule has 1 fully saturated rings. The summed E-state index contributed by atoms with van der Waals surface area (Å²) < 4.78 is 0. The summed E-state index contributed by atoms with van der Waals surface area (Å²) in [7, 11) is 0. The SMILES string of the molecule is Cc1ccc2cccc(C(=O)NC3(C(N)=O)CCCC3)c2n1. The van der Waals surface area contributed by atoms with Gasteiger partial charge in [-0.15, -0.1) is 0 Å². The lowest BCUT2D eigenvalue weighted by Crippen LogP contribution is -2.55. The van der Waals surface area contributed by atoms with Crippen LogP contribution in [-0.2, 0) is 4.79 Å². The van der Waals surface area contributed by atoms with E-state index in [1.165, 1.54) is 0 Å². The molecule has 2 aromatic rings. The smallest absolute Gasteiger partial charge is 0.254 e. The second-order valence-corrected chi connectivity index (χ2v) is 5.94. The van der Waals surface area contributed by atoms with Crippen LogP contribution in [0, 0.1) is 6.92 Å². The molecular formula is C17H19N3O2. The zero-order valence-corrected chi connectivity index (χ0v) is 12.6. The minimum absolute atomic E-state index is 0.288. The maximum absolute atomic E-state index is 12.7. The second kappa shape index (κ2) is 5.40. The summed E-state index contributed by atoms with van der Waals surface area (Å²) in [6, 6.07) is 9.31. The average molecular weight is 297 g/mol. The lowest BCUT2D eigenvalue weighted by molar-refractivity contribution is -0.123. The molecule has 1 aliphatic carbocycles. The molecule has 5 nitrogen and oxygen atoms in total. The third-order valence-electron chi connectivity index (χ3n) is 4.39. The van der Waals surface area contributed by atoms with E-state index in [0.29, 0.717) is 23.9 Å². The number of amides is 2. The molecule has 1 aromatic carbocycles. The zero-order valence-electron chi connectivity index (χ0n) is 12.6. The van der Waals surface area contributed by atoms with Crippen molar-refractivity contribution in [2.45, 2.75) is 38.1 Å². The number of hydrogen-bond acceptors (Lipinski definition) is 3. The molecule has 0 spiro atoms. The van der Waals surface area contributed by atoms with Crippen LogP contribution in [0.5, 0.6) is 0 Å². The number of hydrogen-bond donors (Lipinski definition) is 2. The molecule has 0 unspecified atom stereocenters. The Kier molecular flexibility index (Phi) is 3.56. The molecule has 3 N–H and O–H groups in total. The van der Waals surface area contributed by atoms with Crippen LogP contribution in [0.3, 0.4) is 0 Å². The topological polar surface area (TPSA) is 85.1 Å². The number of aromatic nitrogens is 1. The van der Waals surface area contributed by atoms with E-state index in [2.05, 4.69) is 10.3 Å². The van der Waals surface area contributed by atoms with Gasteiger partial charge in [0, 0.05) is 11.1 Å². The number of benzene rings is 1. The van der Waals surface area contributed by atoms with Gasteiger partial charge in [0.05, 0.1) is 11.1 Å². The van der Waals surface area contributed by atoms with Gasteiger partial charge < -0.3 is 11.1 Å². The molecule has 1 aliphatic rings. The van der Waals surface area contributed by atoms with Crippen molar-refractivity contribution in [3.8, 4) is 0 Å². The van der Waals surface area contributed by atoms with Gasteiger partial charge in [-0.3, -0.25) is 14.6 Å². The van der Waals surface area contributed by atoms with Crippen LogP contribution in [0.2, 0.25) is 0 Å². The van der Waals surface area contributed by atoms with Gasteiger partial charge in [-0.05, 0) is 31.9 Å². The summed E-state index contributed by atoms with van der Waals surface area (Å²) in [6.07, 6.45) is 3.00. The molecule has 1 aromatic heterocycles. The van der Waals surface area contributed by atoms with Crippen molar-refractivity contribution in [1.82, 2.24) is 10.3 Å². The first kappa shape index (κ1) is 14.5. The minimum Gasteiger partial charge on any atom is -0.368 e. The van der Waals surface area contributed by atoms with Gasteiger partial charge >= 0.3 is 0 Å². The third-order valence-corrected chi connectivity index (χ3v) is 4.39. The molecule has 22 heavy (non-hydrogen) atoms. The van der Waals surface area contributed by atoms with Crippen molar-refractivity contribution >= 4 is 22.7 Å². The van der Waals surface area contributed by atoms with Gasteiger partial charge in [-0.2, -0.15) is 0 Å². The monoisotopic (exact) mass is 297 g/mol. The van der Waals surface area contributed by atoms with Crippen LogP contribution in [-0.4, -0.2) is 22.3 Å². The zero-order chi connectivity index (χ0) is 15.7. The lowest BCUT2D eigenvalue weighted by atomic mass is 9.95. The number of pyridine rings is 1. The van der Waals surface area contributed by atoms with Crippen LogP contribution in [0.4, 0.5) is 0 Å². The molecule has 0 aliphatic heterocycles. The van der Waals surface area contributed by atoms with Gasteiger partial charge in [0.2, 0.25) is 5.91 Å². The fourth-order valence-electron chi connectivity index (χ4n) is 3.12. The first-order chi connectivity index (χ1) is 10.5. The quantitative estimate of drug-likeness (QED) is 0.909. The molecule has 0 bridgehead atoms. The Morgan fingerprint density at radius 1 is 1.18 bits per heavy atom. The number of carbonyl (C=O) groups is 2. The molecule has 0 radical (unpaired) electrons. The van der Waals surface area contributed by atoms with Crippen molar-refractivity contribution in [1.29, 1.82) is 0 Å². The normalized spacial score (nSPS) is 16.6. The number of carbonyl (C=O) groups excluding carboxylic acids is 2. The van der Waals surface area contributed by atoms with Gasteiger partial charge in [0.15, 0.2) is 0 Å². The Bertz CT molecular complexity index is 749. The average Bonchev–Trinajstić information content (AvgIpc) is 2.96. The first-order valence-corrected chi connectivity index (χ1v) is 7.51. The number of nitrogens with one attached hydrogen (secondary N) is 1. The van der Waals surface area contributed by atoms with E-state index < -0.39 is 11.4 Å². The largest absolute Gasteiger partial charge is 0.368 e. The van der Waals surface area contributed by atoms with Gasteiger partial charge in [-0.25, -0.2) is 0 Å². The van der Waals surface area contributed by atoms with Gasteiger partial charge in [0.25, 0.3) is 5.91 Å². The summed E-state index contributed by atoms with van der Waals surface area (Å²) in [6.45, 7) is 1.88.